The van der Waals surface area contributed by atoms with E-state index >= 15 is 0 Å². The van der Waals surface area contributed by atoms with Crippen LogP contribution >= 0.6 is 0 Å². The van der Waals surface area contributed by atoms with Crippen molar-refractivity contribution in [3.8, 4) is 0 Å². The Labute approximate surface area is 93.9 Å². The van der Waals surface area contributed by atoms with Crippen LogP contribution in [0.4, 0.5) is 15.8 Å². The van der Waals surface area contributed by atoms with Crippen LogP contribution in [0.1, 0.15) is 12.8 Å². The van der Waals surface area contributed by atoms with Crippen LogP contribution in [0, 0.1) is 5.82 Å². The minimum atomic E-state index is -3.33. The summed E-state index contributed by atoms with van der Waals surface area (Å²) < 4.78 is 37.9. The van der Waals surface area contributed by atoms with E-state index in [2.05, 4.69) is 0 Å². The summed E-state index contributed by atoms with van der Waals surface area (Å²) in [5, 5.41) is 0. The molecule has 1 aromatic carbocycles. The van der Waals surface area contributed by atoms with Crippen LogP contribution < -0.4 is 10.0 Å². The molecule has 0 unspecified atom stereocenters. The largest absolute Gasteiger partial charge is 0.397 e. The molecule has 0 radical (unpaired) electrons. The molecule has 1 aliphatic rings. The highest BCUT2D eigenvalue weighted by molar-refractivity contribution is 7.92. The number of nitrogen functional groups attached to an aromatic ring is 1. The van der Waals surface area contributed by atoms with Gasteiger partial charge in [-0.25, -0.2) is 12.8 Å². The second-order valence-electron chi connectivity index (χ2n) is 3.80. The third kappa shape index (κ3) is 1.97. The van der Waals surface area contributed by atoms with E-state index in [0.717, 1.165) is 12.5 Å². The van der Waals surface area contributed by atoms with Crippen molar-refractivity contribution in [2.45, 2.75) is 12.8 Å². The lowest BCUT2D eigenvalue weighted by Gasteiger charge is -2.29. The number of halogens is 1. The zero-order valence-electron chi connectivity index (χ0n) is 8.69. The molecular weight excluding hydrogens is 231 g/mol. The standard InChI is InChI=1S/C10H13FN2O2S/c11-8-3-4-9(12)10(7-8)13-5-1-2-6-16(13,14)15/h3-4,7H,1-2,5-6,12H2. The van der Waals surface area contributed by atoms with Crippen molar-refractivity contribution >= 4 is 21.4 Å². The molecule has 1 heterocycles. The fourth-order valence-electron chi connectivity index (χ4n) is 1.79. The van der Waals surface area contributed by atoms with Crippen LogP contribution in [0.2, 0.25) is 0 Å². The molecule has 16 heavy (non-hydrogen) atoms. The average molecular weight is 244 g/mol. The quantitative estimate of drug-likeness (QED) is 0.758. The van der Waals surface area contributed by atoms with E-state index in [9.17, 15) is 12.8 Å². The van der Waals surface area contributed by atoms with Crippen LogP contribution in [0.3, 0.4) is 0 Å². The molecule has 0 saturated carbocycles. The maximum absolute atomic E-state index is 13.1. The lowest BCUT2D eigenvalue weighted by atomic mass is 10.2. The minimum Gasteiger partial charge on any atom is -0.397 e. The van der Waals surface area contributed by atoms with Gasteiger partial charge in [0, 0.05) is 12.6 Å². The zero-order valence-corrected chi connectivity index (χ0v) is 9.50. The lowest BCUT2D eigenvalue weighted by molar-refractivity contribution is 0.574. The summed E-state index contributed by atoms with van der Waals surface area (Å²) in [6.45, 7) is 0.371. The van der Waals surface area contributed by atoms with Crippen molar-refractivity contribution in [3.05, 3.63) is 24.0 Å². The van der Waals surface area contributed by atoms with Gasteiger partial charge < -0.3 is 5.73 Å². The summed E-state index contributed by atoms with van der Waals surface area (Å²) >= 11 is 0. The van der Waals surface area contributed by atoms with Gasteiger partial charge in [0.05, 0.1) is 17.1 Å². The molecule has 2 rings (SSSR count). The van der Waals surface area contributed by atoms with Gasteiger partial charge in [-0.15, -0.1) is 0 Å². The van der Waals surface area contributed by atoms with Gasteiger partial charge in [0.1, 0.15) is 5.82 Å². The van der Waals surface area contributed by atoms with Gasteiger partial charge in [0.2, 0.25) is 10.0 Å². The summed E-state index contributed by atoms with van der Waals surface area (Å²) in [5.74, 6) is -0.381. The lowest BCUT2D eigenvalue weighted by Crippen LogP contribution is -2.38. The molecule has 0 amide bonds. The molecule has 0 aliphatic carbocycles. The number of anilines is 2. The van der Waals surface area contributed by atoms with Crippen molar-refractivity contribution in [2.24, 2.45) is 0 Å². The average Bonchev–Trinajstić information content (AvgIpc) is 2.22. The van der Waals surface area contributed by atoms with Gasteiger partial charge in [-0.3, -0.25) is 4.31 Å². The Hall–Kier alpha value is -1.30. The van der Waals surface area contributed by atoms with Gasteiger partial charge in [0.15, 0.2) is 0 Å². The first kappa shape index (κ1) is 11.2. The third-order valence-electron chi connectivity index (χ3n) is 2.61. The summed E-state index contributed by atoms with van der Waals surface area (Å²) in [6.07, 6.45) is 1.42. The first-order chi connectivity index (χ1) is 7.50. The molecule has 0 aromatic heterocycles. The first-order valence-corrected chi connectivity index (χ1v) is 6.67. The highest BCUT2D eigenvalue weighted by Crippen LogP contribution is 2.29. The van der Waals surface area contributed by atoms with Crippen molar-refractivity contribution in [3.63, 3.8) is 0 Å². The predicted molar refractivity (Wildman–Crippen MR) is 61.2 cm³/mol. The molecule has 1 saturated heterocycles. The molecule has 88 valence electrons. The number of nitrogens with two attached hydrogens (primary N) is 1. The van der Waals surface area contributed by atoms with E-state index in [1.54, 1.807) is 0 Å². The van der Waals surface area contributed by atoms with E-state index in [4.69, 9.17) is 5.73 Å². The molecule has 6 heteroatoms. The molecule has 2 N–H and O–H groups in total. The van der Waals surface area contributed by atoms with E-state index in [1.165, 1.54) is 16.4 Å². The second kappa shape index (κ2) is 3.93. The number of nitrogens with zero attached hydrogens (tertiary/aromatic N) is 1. The Balaban J connectivity index is 2.46. The third-order valence-corrected chi connectivity index (χ3v) is 4.47. The van der Waals surface area contributed by atoms with E-state index in [-0.39, 0.29) is 17.1 Å². The first-order valence-electron chi connectivity index (χ1n) is 5.06. The molecule has 4 nitrogen and oxygen atoms in total. The smallest absolute Gasteiger partial charge is 0.235 e. The number of hydrogen-bond acceptors (Lipinski definition) is 3. The maximum Gasteiger partial charge on any atom is 0.235 e. The number of sulfonamides is 1. The Morgan fingerprint density at radius 2 is 2.06 bits per heavy atom. The molecule has 1 aromatic rings. The summed E-state index contributed by atoms with van der Waals surface area (Å²) in [4.78, 5) is 0. The van der Waals surface area contributed by atoms with Crippen LogP contribution in [0.5, 0.6) is 0 Å². The van der Waals surface area contributed by atoms with Crippen LogP contribution in [-0.4, -0.2) is 20.7 Å². The molecule has 1 fully saturated rings. The molecule has 1 aliphatic heterocycles. The van der Waals surface area contributed by atoms with Crippen LogP contribution in [0.15, 0.2) is 18.2 Å². The Morgan fingerprint density at radius 1 is 1.31 bits per heavy atom. The van der Waals surface area contributed by atoms with Crippen LogP contribution in [0.25, 0.3) is 0 Å². The van der Waals surface area contributed by atoms with E-state index < -0.39 is 15.8 Å². The Bertz CT molecular complexity index is 502. The Morgan fingerprint density at radius 3 is 2.75 bits per heavy atom. The maximum atomic E-state index is 13.1. The van der Waals surface area contributed by atoms with Gasteiger partial charge in [0.25, 0.3) is 0 Å². The minimum absolute atomic E-state index is 0.100. The number of benzene rings is 1. The number of hydrogen-bond donors (Lipinski definition) is 1. The van der Waals surface area contributed by atoms with Crippen molar-refractivity contribution in [1.29, 1.82) is 0 Å². The number of rotatable bonds is 1. The summed E-state index contributed by atoms with van der Waals surface area (Å²) in [5.41, 5.74) is 6.20. The zero-order chi connectivity index (χ0) is 11.8. The second-order valence-corrected chi connectivity index (χ2v) is 5.81. The Kier molecular flexibility index (Phi) is 2.75. The predicted octanol–water partition coefficient (Wildman–Crippen LogP) is 1.34. The van der Waals surface area contributed by atoms with Gasteiger partial charge in [-0.1, -0.05) is 0 Å². The van der Waals surface area contributed by atoms with Gasteiger partial charge >= 0.3 is 0 Å². The van der Waals surface area contributed by atoms with Crippen molar-refractivity contribution in [2.75, 3.05) is 22.3 Å². The summed E-state index contributed by atoms with van der Waals surface area (Å²) in [6, 6.07) is 3.77. The fraction of sp³-hybridized carbons (Fsp3) is 0.400. The van der Waals surface area contributed by atoms with E-state index in [0.29, 0.717) is 13.0 Å². The molecule has 0 bridgehead atoms. The molecule has 0 atom stereocenters. The highest BCUT2D eigenvalue weighted by atomic mass is 32.2. The van der Waals surface area contributed by atoms with Crippen molar-refractivity contribution in [1.82, 2.24) is 0 Å². The normalized spacial score (nSPS) is 19.7. The molecular formula is C10H13FN2O2S. The van der Waals surface area contributed by atoms with Gasteiger partial charge in [-0.05, 0) is 25.0 Å². The fourth-order valence-corrected chi connectivity index (χ4v) is 3.45. The highest BCUT2D eigenvalue weighted by Gasteiger charge is 2.27. The monoisotopic (exact) mass is 244 g/mol. The SMILES string of the molecule is Nc1ccc(F)cc1N1CCCCS1(=O)=O. The molecule has 0 spiro atoms. The van der Waals surface area contributed by atoms with Gasteiger partial charge in [-0.2, -0.15) is 0 Å². The summed E-state index contributed by atoms with van der Waals surface area (Å²) in [7, 11) is -3.33. The topological polar surface area (TPSA) is 63.4 Å². The van der Waals surface area contributed by atoms with Crippen molar-refractivity contribution < 1.29 is 12.8 Å². The van der Waals surface area contributed by atoms with Crippen LogP contribution in [-0.2, 0) is 10.0 Å². The van der Waals surface area contributed by atoms with E-state index in [1.807, 2.05) is 0 Å².